The van der Waals surface area contributed by atoms with E-state index in [4.69, 9.17) is 14.2 Å². The molecule has 0 radical (unpaired) electrons. The fraction of sp³-hybridized carbons (Fsp3) is 0.231. The van der Waals surface area contributed by atoms with E-state index in [1.54, 1.807) is 12.0 Å². The number of nitrogens with zero attached hydrogens (tertiary/aromatic N) is 2. The third-order valence-electron chi connectivity index (χ3n) is 5.41. The first kappa shape index (κ1) is 22.2. The van der Waals surface area contributed by atoms with Crippen LogP contribution in [0.1, 0.15) is 32.6 Å². The minimum atomic E-state index is -0.363. The predicted molar refractivity (Wildman–Crippen MR) is 121 cm³/mol. The SMILES string of the molecule is COCCOc1ccc2c(c1)CN(C(=O)c1c(O)cc(C#N)cc1OCc1ccccc1)C2. The summed E-state index contributed by atoms with van der Waals surface area (Å²) in [5, 5.41) is 19.9. The van der Waals surface area contributed by atoms with E-state index >= 15 is 0 Å². The maximum atomic E-state index is 13.4. The van der Waals surface area contributed by atoms with Crippen LogP contribution in [0.5, 0.6) is 17.2 Å². The number of ether oxygens (including phenoxy) is 3. The zero-order chi connectivity index (χ0) is 23.2. The Bertz CT molecular complexity index is 1190. The van der Waals surface area contributed by atoms with Gasteiger partial charge in [0, 0.05) is 20.2 Å². The van der Waals surface area contributed by atoms with Crippen molar-refractivity contribution in [3.8, 4) is 23.3 Å². The molecule has 3 aromatic rings. The molecule has 1 amide bonds. The van der Waals surface area contributed by atoms with Gasteiger partial charge in [-0.3, -0.25) is 4.79 Å². The summed E-state index contributed by atoms with van der Waals surface area (Å²) in [7, 11) is 1.62. The van der Waals surface area contributed by atoms with Crippen molar-refractivity contribution < 1.29 is 24.1 Å². The summed E-state index contributed by atoms with van der Waals surface area (Å²) in [5.74, 6) is 0.257. The Morgan fingerprint density at radius 2 is 1.82 bits per heavy atom. The summed E-state index contributed by atoms with van der Waals surface area (Å²) in [6, 6.07) is 20.0. The average Bonchev–Trinajstić information content (AvgIpc) is 3.26. The number of fused-ring (bicyclic) bond motifs is 1. The molecule has 1 aliphatic rings. The predicted octanol–water partition coefficient (Wildman–Crippen LogP) is 4.02. The molecule has 1 heterocycles. The number of nitriles is 1. The van der Waals surface area contributed by atoms with Gasteiger partial charge in [0.15, 0.2) is 0 Å². The highest BCUT2D eigenvalue weighted by molar-refractivity contribution is 6.00. The summed E-state index contributed by atoms with van der Waals surface area (Å²) < 4.78 is 16.6. The van der Waals surface area contributed by atoms with Crippen LogP contribution in [0.2, 0.25) is 0 Å². The standard InChI is InChI=1S/C26H24N2O5/c1-31-9-10-32-22-8-7-20-15-28(16-21(20)13-22)26(30)25-23(29)11-19(14-27)12-24(25)33-17-18-5-3-2-4-6-18/h2-8,11-13,29H,9-10,15-17H2,1H3. The Morgan fingerprint density at radius 3 is 2.58 bits per heavy atom. The molecule has 3 aromatic carbocycles. The van der Waals surface area contributed by atoms with Crippen LogP contribution in [-0.2, 0) is 24.4 Å². The number of aromatic hydroxyl groups is 1. The van der Waals surface area contributed by atoms with Crippen molar-refractivity contribution >= 4 is 5.91 Å². The molecule has 0 saturated heterocycles. The molecule has 0 atom stereocenters. The Balaban J connectivity index is 1.55. The maximum Gasteiger partial charge on any atom is 0.262 e. The van der Waals surface area contributed by atoms with Crippen molar-refractivity contribution in [1.82, 2.24) is 4.90 Å². The first-order chi connectivity index (χ1) is 16.1. The van der Waals surface area contributed by atoms with E-state index in [2.05, 4.69) is 0 Å². The molecule has 0 aromatic heterocycles. The smallest absolute Gasteiger partial charge is 0.262 e. The van der Waals surface area contributed by atoms with Gasteiger partial charge in [-0.15, -0.1) is 0 Å². The number of hydrogen-bond acceptors (Lipinski definition) is 6. The van der Waals surface area contributed by atoms with Crippen LogP contribution in [0.25, 0.3) is 0 Å². The van der Waals surface area contributed by atoms with Gasteiger partial charge in [0.05, 0.1) is 18.2 Å². The number of amides is 1. The van der Waals surface area contributed by atoms with E-state index in [0.717, 1.165) is 16.7 Å². The average molecular weight is 444 g/mol. The molecule has 4 rings (SSSR count). The number of carbonyl (C=O) groups excluding carboxylic acids is 1. The number of phenolic OH excluding ortho intramolecular Hbond substituents is 1. The molecule has 0 aliphatic carbocycles. The molecule has 1 N–H and O–H groups in total. The molecule has 0 unspecified atom stereocenters. The number of rotatable bonds is 8. The molecule has 0 bridgehead atoms. The first-order valence-corrected chi connectivity index (χ1v) is 10.6. The Kier molecular flexibility index (Phi) is 6.77. The molecule has 1 aliphatic heterocycles. The number of phenols is 1. The highest BCUT2D eigenvalue weighted by atomic mass is 16.5. The van der Waals surface area contributed by atoms with Crippen LogP contribution in [-0.4, -0.2) is 36.2 Å². The lowest BCUT2D eigenvalue weighted by Crippen LogP contribution is -2.26. The van der Waals surface area contributed by atoms with E-state index < -0.39 is 0 Å². The molecule has 168 valence electrons. The van der Waals surface area contributed by atoms with Gasteiger partial charge in [0.25, 0.3) is 5.91 Å². The quantitative estimate of drug-likeness (QED) is 0.528. The van der Waals surface area contributed by atoms with E-state index in [0.29, 0.717) is 32.1 Å². The third-order valence-corrected chi connectivity index (χ3v) is 5.41. The third kappa shape index (κ3) is 5.08. The van der Waals surface area contributed by atoms with Gasteiger partial charge < -0.3 is 24.2 Å². The Labute approximate surface area is 192 Å². The summed E-state index contributed by atoms with van der Waals surface area (Å²) in [6.07, 6.45) is 0. The molecule has 0 saturated carbocycles. The Hall–Kier alpha value is -4.02. The highest BCUT2D eigenvalue weighted by Crippen LogP contribution is 2.35. The van der Waals surface area contributed by atoms with Crippen molar-refractivity contribution in [3.63, 3.8) is 0 Å². The molecule has 0 fully saturated rings. The second-order valence-electron chi connectivity index (χ2n) is 7.69. The molecule has 0 spiro atoms. The van der Waals surface area contributed by atoms with Crippen LogP contribution in [0.4, 0.5) is 0 Å². The van der Waals surface area contributed by atoms with Gasteiger partial charge in [-0.2, -0.15) is 5.26 Å². The van der Waals surface area contributed by atoms with Crippen LogP contribution in [0.15, 0.2) is 60.7 Å². The zero-order valence-corrected chi connectivity index (χ0v) is 18.3. The van der Waals surface area contributed by atoms with E-state index in [-0.39, 0.29) is 35.1 Å². The molecular formula is C26H24N2O5. The lowest BCUT2D eigenvalue weighted by atomic mass is 10.1. The van der Waals surface area contributed by atoms with E-state index in [9.17, 15) is 15.2 Å². The van der Waals surface area contributed by atoms with Crippen LogP contribution in [0.3, 0.4) is 0 Å². The van der Waals surface area contributed by atoms with Crippen molar-refractivity contribution in [2.45, 2.75) is 19.7 Å². The van der Waals surface area contributed by atoms with Gasteiger partial charge in [-0.05, 0) is 41.0 Å². The molecule has 7 nitrogen and oxygen atoms in total. The lowest BCUT2D eigenvalue weighted by Gasteiger charge is -2.19. The lowest BCUT2D eigenvalue weighted by molar-refractivity contribution is 0.0743. The Morgan fingerprint density at radius 1 is 1.03 bits per heavy atom. The fourth-order valence-electron chi connectivity index (χ4n) is 3.73. The maximum absolute atomic E-state index is 13.4. The second-order valence-corrected chi connectivity index (χ2v) is 7.69. The molecule has 33 heavy (non-hydrogen) atoms. The topological polar surface area (TPSA) is 92.0 Å². The number of benzene rings is 3. The van der Waals surface area contributed by atoms with Gasteiger partial charge in [-0.25, -0.2) is 0 Å². The summed E-state index contributed by atoms with van der Waals surface area (Å²) in [5.41, 5.74) is 3.18. The van der Waals surface area contributed by atoms with Gasteiger partial charge >= 0.3 is 0 Å². The van der Waals surface area contributed by atoms with Crippen LogP contribution >= 0.6 is 0 Å². The fourth-order valence-corrected chi connectivity index (χ4v) is 3.73. The number of hydrogen-bond donors (Lipinski definition) is 1. The zero-order valence-electron chi connectivity index (χ0n) is 18.3. The van der Waals surface area contributed by atoms with Crippen LogP contribution in [0, 0.1) is 11.3 Å². The summed E-state index contributed by atoms with van der Waals surface area (Å²) >= 11 is 0. The number of methoxy groups -OCH3 is 1. The monoisotopic (exact) mass is 444 g/mol. The molecule has 7 heteroatoms. The number of carbonyl (C=O) groups is 1. The minimum Gasteiger partial charge on any atom is -0.507 e. The van der Waals surface area contributed by atoms with E-state index in [1.165, 1.54) is 12.1 Å². The second kappa shape index (κ2) is 10.1. The van der Waals surface area contributed by atoms with Gasteiger partial charge in [0.2, 0.25) is 0 Å². The first-order valence-electron chi connectivity index (χ1n) is 10.6. The van der Waals surface area contributed by atoms with Crippen molar-refractivity contribution in [3.05, 3.63) is 88.5 Å². The summed E-state index contributed by atoms with van der Waals surface area (Å²) in [6.45, 7) is 1.93. The van der Waals surface area contributed by atoms with E-state index in [1.807, 2.05) is 54.6 Å². The molecular weight excluding hydrogens is 420 g/mol. The van der Waals surface area contributed by atoms with Crippen molar-refractivity contribution in [2.75, 3.05) is 20.3 Å². The van der Waals surface area contributed by atoms with Gasteiger partial charge in [-0.1, -0.05) is 36.4 Å². The highest BCUT2D eigenvalue weighted by Gasteiger charge is 2.29. The largest absolute Gasteiger partial charge is 0.507 e. The minimum absolute atomic E-state index is 0.0503. The van der Waals surface area contributed by atoms with Crippen molar-refractivity contribution in [2.24, 2.45) is 0 Å². The summed E-state index contributed by atoms with van der Waals surface area (Å²) in [4.78, 5) is 15.1. The van der Waals surface area contributed by atoms with Crippen LogP contribution < -0.4 is 9.47 Å². The normalized spacial score (nSPS) is 12.2. The van der Waals surface area contributed by atoms with Gasteiger partial charge in [0.1, 0.15) is 36.0 Å². The van der Waals surface area contributed by atoms with Crippen molar-refractivity contribution in [1.29, 1.82) is 5.26 Å².